The number of carbonyl (C=O) groups excluding carboxylic acids is 1. The summed E-state index contributed by atoms with van der Waals surface area (Å²) in [4.78, 5) is 28.5. The fraction of sp³-hybridized carbons (Fsp3) is 0.720. The van der Waals surface area contributed by atoms with Crippen LogP contribution in [0.1, 0.15) is 51.9 Å². The van der Waals surface area contributed by atoms with Gasteiger partial charge in [0.1, 0.15) is 6.61 Å². The van der Waals surface area contributed by atoms with Crippen LogP contribution in [0.4, 0.5) is 11.4 Å². The van der Waals surface area contributed by atoms with Crippen molar-refractivity contribution in [1.82, 2.24) is 15.2 Å². The van der Waals surface area contributed by atoms with Gasteiger partial charge in [0.2, 0.25) is 5.52 Å². The predicted molar refractivity (Wildman–Crippen MR) is 130 cm³/mol. The number of fused-ring (bicyclic) bond motifs is 3. The van der Waals surface area contributed by atoms with Gasteiger partial charge in [-0.3, -0.25) is 19.8 Å². The van der Waals surface area contributed by atoms with Crippen LogP contribution in [-0.2, 0) is 9.53 Å². The molecule has 35 heavy (non-hydrogen) atoms. The van der Waals surface area contributed by atoms with Gasteiger partial charge in [-0.15, -0.1) is 0 Å². The van der Waals surface area contributed by atoms with Crippen molar-refractivity contribution in [3.63, 3.8) is 0 Å². The molecule has 0 spiro atoms. The summed E-state index contributed by atoms with van der Waals surface area (Å²) in [6.45, 7) is 3.02. The van der Waals surface area contributed by atoms with E-state index in [2.05, 4.69) is 29.2 Å². The number of likely N-dealkylation sites (N-methyl/N-ethyl adjacent to an activating group) is 1. The molecule has 0 radical (unpaired) electrons. The van der Waals surface area contributed by atoms with Crippen LogP contribution in [0.2, 0.25) is 0 Å². The number of nitro benzene ring substituents is 1. The molecule has 10 heteroatoms. The number of benzene rings is 1. The molecular formula is C25H35N5O5. The third kappa shape index (κ3) is 4.48. The first-order chi connectivity index (χ1) is 16.8. The number of aromatic nitrogens is 2. The zero-order valence-electron chi connectivity index (χ0n) is 20.8. The number of carbonyl (C=O) groups is 1. The molecule has 3 heterocycles. The number of piperidine rings is 1. The number of nitrogens with zero attached hydrogens (tertiary/aromatic N) is 5. The molecular weight excluding hydrogens is 450 g/mol. The van der Waals surface area contributed by atoms with Gasteiger partial charge in [0.25, 0.3) is 0 Å². The highest BCUT2D eigenvalue weighted by Crippen LogP contribution is 2.48. The van der Waals surface area contributed by atoms with Gasteiger partial charge in [-0.2, -0.15) is 0 Å². The molecule has 4 atom stereocenters. The molecule has 1 aromatic heterocycles. The minimum Gasteiger partial charge on any atom is -0.464 e. The average Bonchev–Trinajstić information content (AvgIpc) is 3.40. The van der Waals surface area contributed by atoms with Crippen molar-refractivity contribution < 1.29 is 19.1 Å². The maximum absolute atomic E-state index is 13.5. The Morgan fingerprint density at radius 3 is 2.69 bits per heavy atom. The zero-order chi connectivity index (χ0) is 24.7. The van der Waals surface area contributed by atoms with Crippen LogP contribution in [0.5, 0.6) is 0 Å². The van der Waals surface area contributed by atoms with Gasteiger partial charge < -0.3 is 9.64 Å². The topological polar surface area (TPSA) is 115 Å². The average molecular weight is 486 g/mol. The Labute approximate surface area is 205 Å². The molecule has 0 N–H and O–H groups in total. The standard InChI is InChI=1S/C25H35N5O5/c1-15-4-6-16(7-5-15)18-14-17-8-9-19(29(17)3)22(18)25(31)34-13-12-28(2)20-10-11-21(30(32)33)24-23(20)26-35-27-24/h10-11,15-19,22H,4-9,12-14H2,1-3H3/t15?,16?,17-,18-,19?,22?/m1/s1. The van der Waals surface area contributed by atoms with E-state index in [4.69, 9.17) is 9.37 Å². The van der Waals surface area contributed by atoms with E-state index in [1.54, 1.807) is 6.07 Å². The number of esters is 1. The van der Waals surface area contributed by atoms with Crippen LogP contribution in [0.25, 0.3) is 11.0 Å². The van der Waals surface area contributed by atoms with Gasteiger partial charge >= 0.3 is 11.7 Å². The number of non-ortho nitro benzene ring substituents is 1. The number of hydrogen-bond donors (Lipinski definition) is 0. The molecule has 2 aliphatic heterocycles. The lowest BCUT2D eigenvalue weighted by Crippen LogP contribution is -2.52. The lowest BCUT2D eigenvalue weighted by atomic mass is 9.67. The minimum atomic E-state index is -0.504. The van der Waals surface area contributed by atoms with Gasteiger partial charge in [-0.05, 0) is 73.3 Å². The quantitative estimate of drug-likeness (QED) is 0.325. The van der Waals surface area contributed by atoms with Crippen molar-refractivity contribution in [3.8, 4) is 0 Å². The van der Waals surface area contributed by atoms with Gasteiger partial charge in [0.15, 0.2) is 5.52 Å². The van der Waals surface area contributed by atoms with Crippen molar-refractivity contribution >= 4 is 28.4 Å². The van der Waals surface area contributed by atoms with E-state index in [0.29, 0.717) is 35.6 Å². The Bertz CT molecular complexity index is 1080. The number of hydrogen-bond acceptors (Lipinski definition) is 9. The lowest BCUT2D eigenvalue weighted by Gasteiger charge is -2.46. The minimum absolute atomic E-state index is 0.0618. The fourth-order valence-corrected chi connectivity index (χ4v) is 6.83. The van der Waals surface area contributed by atoms with Crippen molar-refractivity contribution in [3.05, 3.63) is 22.2 Å². The molecule has 1 saturated carbocycles. The fourth-order valence-electron chi connectivity index (χ4n) is 6.83. The number of ether oxygens (including phenoxy) is 1. The molecule has 190 valence electrons. The van der Waals surface area contributed by atoms with Crippen LogP contribution in [0, 0.1) is 33.8 Å². The van der Waals surface area contributed by atoms with Crippen LogP contribution < -0.4 is 4.90 Å². The molecule has 5 rings (SSSR count). The number of nitro groups is 1. The SMILES string of the molecule is CC1CCC([C@H]2C[C@H]3CCC(C2C(=O)OCCN(C)c2ccc([N+](=O)[O-])c4nonc24)N3C)CC1. The number of rotatable bonds is 7. The number of anilines is 1. The second-order valence-corrected chi connectivity index (χ2v) is 10.8. The van der Waals surface area contributed by atoms with E-state index in [0.717, 1.165) is 18.8 Å². The molecule has 0 amide bonds. The summed E-state index contributed by atoms with van der Waals surface area (Å²) >= 11 is 0. The highest BCUT2D eigenvalue weighted by molar-refractivity contribution is 5.93. The summed E-state index contributed by atoms with van der Waals surface area (Å²) < 4.78 is 10.7. The van der Waals surface area contributed by atoms with Crippen LogP contribution in [-0.4, -0.2) is 65.4 Å². The largest absolute Gasteiger partial charge is 0.464 e. The summed E-state index contributed by atoms with van der Waals surface area (Å²) in [5.41, 5.74) is 0.935. The lowest BCUT2D eigenvalue weighted by molar-refractivity contribution is -0.383. The zero-order valence-corrected chi connectivity index (χ0v) is 20.8. The van der Waals surface area contributed by atoms with Gasteiger partial charge in [-0.25, -0.2) is 4.63 Å². The van der Waals surface area contributed by atoms with Gasteiger partial charge in [-0.1, -0.05) is 19.8 Å². The van der Waals surface area contributed by atoms with Gasteiger partial charge in [0, 0.05) is 25.2 Å². The molecule has 2 unspecified atom stereocenters. The summed E-state index contributed by atoms with van der Waals surface area (Å²) in [5.74, 6) is 1.69. The molecule has 1 aliphatic carbocycles. The van der Waals surface area contributed by atoms with Crippen LogP contribution in [0.3, 0.4) is 0 Å². The summed E-state index contributed by atoms with van der Waals surface area (Å²) in [7, 11) is 4.01. The Kier molecular flexibility index (Phi) is 6.65. The Morgan fingerprint density at radius 1 is 1.20 bits per heavy atom. The van der Waals surface area contributed by atoms with E-state index in [-0.39, 0.29) is 35.7 Å². The molecule has 2 bridgehead atoms. The Morgan fingerprint density at radius 2 is 1.94 bits per heavy atom. The smallest absolute Gasteiger partial charge is 0.310 e. The molecule has 3 aliphatic rings. The molecule has 1 aromatic carbocycles. The van der Waals surface area contributed by atoms with Crippen molar-refractivity contribution in [2.45, 2.75) is 64.0 Å². The third-order valence-corrected chi connectivity index (χ3v) is 8.90. The maximum Gasteiger partial charge on any atom is 0.310 e. The van der Waals surface area contributed by atoms with Crippen molar-refractivity contribution in [2.24, 2.45) is 23.7 Å². The Balaban J connectivity index is 1.25. The molecule has 2 aromatic rings. The highest BCUT2D eigenvalue weighted by Gasteiger charge is 2.51. The first kappa shape index (κ1) is 24.0. The molecule has 3 fully saturated rings. The van der Waals surface area contributed by atoms with Crippen molar-refractivity contribution in [2.75, 3.05) is 32.1 Å². The third-order valence-electron chi connectivity index (χ3n) is 8.90. The summed E-state index contributed by atoms with van der Waals surface area (Å²) in [6.07, 6.45) is 8.33. The molecule has 2 saturated heterocycles. The second kappa shape index (κ2) is 9.72. The van der Waals surface area contributed by atoms with E-state index in [9.17, 15) is 14.9 Å². The second-order valence-electron chi connectivity index (χ2n) is 10.8. The highest BCUT2D eigenvalue weighted by atomic mass is 16.6. The van der Waals surface area contributed by atoms with Crippen LogP contribution >= 0.6 is 0 Å². The van der Waals surface area contributed by atoms with E-state index in [1.807, 2.05) is 11.9 Å². The monoisotopic (exact) mass is 485 g/mol. The summed E-state index contributed by atoms with van der Waals surface area (Å²) in [5, 5.41) is 18.8. The summed E-state index contributed by atoms with van der Waals surface area (Å²) in [6, 6.07) is 3.90. The van der Waals surface area contributed by atoms with E-state index in [1.165, 1.54) is 38.2 Å². The van der Waals surface area contributed by atoms with Gasteiger partial charge in [0.05, 0.1) is 23.1 Å². The first-order valence-corrected chi connectivity index (χ1v) is 12.8. The van der Waals surface area contributed by atoms with E-state index < -0.39 is 4.92 Å². The van der Waals surface area contributed by atoms with E-state index >= 15 is 0 Å². The maximum atomic E-state index is 13.5. The van der Waals surface area contributed by atoms with Crippen molar-refractivity contribution in [1.29, 1.82) is 0 Å². The normalized spacial score (nSPS) is 30.9. The first-order valence-electron chi connectivity index (χ1n) is 12.8. The predicted octanol–water partition coefficient (Wildman–Crippen LogP) is 4.04. The van der Waals surface area contributed by atoms with Crippen LogP contribution in [0.15, 0.2) is 16.8 Å². The molecule has 10 nitrogen and oxygen atoms in total. The Hall–Kier alpha value is -2.75.